The maximum absolute atomic E-state index is 5.92. The molecule has 0 aromatic heterocycles. The fourth-order valence-electron chi connectivity index (χ4n) is 2.31. The van der Waals surface area contributed by atoms with Crippen LogP contribution in [0.4, 0.5) is 0 Å². The maximum atomic E-state index is 5.92. The molecule has 0 bridgehead atoms. The normalized spacial score (nSPS) is 20.9. The standard InChI is InChI=1S/C13H10Cl2.C6H11NO2/c14-12-5-1-3-10(8-12)7-11-4-2-6-13(15)9-11;1(5-3-8-5)7-2-6-4-9-6/h1-6,8-9H,7H2;5-7H,1-4H2. The van der Waals surface area contributed by atoms with E-state index in [0.29, 0.717) is 12.2 Å². The summed E-state index contributed by atoms with van der Waals surface area (Å²) in [5, 5.41) is 4.80. The zero-order chi connectivity index (χ0) is 16.8. The van der Waals surface area contributed by atoms with Crippen molar-refractivity contribution in [3.63, 3.8) is 0 Å². The highest BCUT2D eigenvalue weighted by atomic mass is 35.5. The van der Waals surface area contributed by atoms with Crippen LogP contribution >= 0.6 is 23.2 Å². The third-order valence-corrected chi connectivity index (χ3v) is 4.21. The van der Waals surface area contributed by atoms with Crippen LogP contribution < -0.4 is 5.32 Å². The van der Waals surface area contributed by atoms with Gasteiger partial charge in [0.05, 0.1) is 25.4 Å². The largest absolute Gasteiger partial charge is 0.372 e. The van der Waals surface area contributed by atoms with Crippen LogP contribution in [0.2, 0.25) is 10.0 Å². The molecule has 1 N–H and O–H groups in total. The van der Waals surface area contributed by atoms with Crippen molar-refractivity contribution in [1.29, 1.82) is 0 Å². The number of epoxide rings is 2. The fourth-order valence-corrected chi connectivity index (χ4v) is 2.73. The molecule has 2 atom stereocenters. The molecule has 0 aliphatic carbocycles. The van der Waals surface area contributed by atoms with Gasteiger partial charge >= 0.3 is 0 Å². The molecule has 2 aromatic rings. The summed E-state index contributed by atoms with van der Waals surface area (Å²) in [5.74, 6) is 0. The van der Waals surface area contributed by atoms with Gasteiger partial charge in [-0.1, -0.05) is 47.5 Å². The molecule has 4 rings (SSSR count). The number of benzene rings is 2. The van der Waals surface area contributed by atoms with Gasteiger partial charge in [0, 0.05) is 23.1 Å². The fraction of sp³-hybridized carbons (Fsp3) is 0.368. The smallest absolute Gasteiger partial charge is 0.0933 e. The minimum atomic E-state index is 0.503. The number of rotatable bonds is 6. The lowest BCUT2D eigenvalue weighted by Crippen LogP contribution is -2.24. The molecule has 5 heteroatoms. The summed E-state index contributed by atoms with van der Waals surface area (Å²) >= 11 is 11.8. The molecule has 0 saturated carbocycles. The van der Waals surface area contributed by atoms with Gasteiger partial charge in [-0.05, 0) is 41.8 Å². The van der Waals surface area contributed by atoms with Crippen molar-refractivity contribution in [1.82, 2.24) is 5.32 Å². The van der Waals surface area contributed by atoms with E-state index < -0.39 is 0 Å². The number of hydrogen-bond acceptors (Lipinski definition) is 3. The molecule has 0 radical (unpaired) electrons. The second kappa shape index (κ2) is 8.84. The second-order valence-corrected chi connectivity index (χ2v) is 6.88. The van der Waals surface area contributed by atoms with Crippen molar-refractivity contribution < 1.29 is 9.47 Å². The molecule has 2 aliphatic rings. The van der Waals surface area contributed by atoms with Crippen molar-refractivity contribution in [2.75, 3.05) is 26.3 Å². The van der Waals surface area contributed by atoms with Crippen molar-refractivity contribution in [2.45, 2.75) is 18.6 Å². The number of nitrogens with one attached hydrogen (secondary N) is 1. The van der Waals surface area contributed by atoms with Gasteiger partial charge in [0.25, 0.3) is 0 Å². The zero-order valence-corrected chi connectivity index (χ0v) is 14.9. The van der Waals surface area contributed by atoms with E-state index >= 15 is 0 Å². The van der Waals surface area contributed by atoms with Gasteiger partial charge in [-0.15, -0.1) is 0 Å². The summed E-state index contributed by atoms with van der Waals surface area (Å²) in [6.07, 6.45) is 1.87. The molecule has 2 saturated heterocycles. The summed E-state index contributed by atoms with van der Waals surface area (Å²) in [7, 11) is 0. The highest BCUT2D eigenvalue weighted by molar-refractivity contribution is 6.30. The van der Waals surface area contributed by atoms with E-state index in [9.17, 15) is 0 Å². The van der Waals surface area contributed by atoms with Gasteiger partial charge in [0.2, 0.25) is 0 Å². The van der Waals surface area contributed by atoms with Crippen LogP contribution in [-0.4, -0.2) is 38.5 Å². The highest BCUT2D eigenvalue weighted by Gasteiger charge is 2.25. The van der Waals surface area contributed by atoms with E-state index in [-0.39, 0.29) is 0 Å². The first kappa shape index (κ1) is 17.7. The molecule has 128 valence electrons. The van der Waals surface area contributed by atoms with Crippen LogP contribution in [0.3, 0.4) is 0 Å². The number of hydrogen-bond donors (Lipinski definition) is 1. The first-order valence-corrected chi connectivity index (χ1v) is 8.87. The quantitative estimate of drug-likeness (QED) is 0.787. The van der Waals surface area contributed by atoms with Crippen LogP contribution in [-0.2, 0) is 15.9 Å². The predicted molar refractivity (Wildman–Crippen MR) is 98.1 cm³/mol. The van der Waals surface area contributed by atoms with Gasteiger partial charge < -0.3 is 14.8 Å². The molecule has 2 aromatic carbocycles. The molecular formula is C19H21Cl2NO2. The first-order chi connectivity index (χ1) is 11.7. The highest BCUT2D eigenvalue weighted by Crippen LogP contribution is 2.17. The molecule has 0 spiro atoms. The van der Waals surface area contributed by atoms with Crippen molar-refractivity contribution in [3.8, 4) is 0 Å². The third kappa shape index (κ3) is 6.80. The Balaban J connectivity index is 0.000000159. The topological polar surface area (TPSA) is 37.1 Å². The SMILES string of the molecule is C(NCC1CO1)C1CO1.Clc1cccc(Cc2cccc(Cl)c2)c1. The Labute approximate surface area is 152 Å². The maximum Gasteiger partial charge on any atom is 0.0933 e. The molecule has 24 heavy (non-hydrogen) atoms. The predicted octanol–water partition coefficient (Wildman–Crippen LogP) is 3.96. The average Bonchev–Trinajstić information content (AvgIpc) is 3.44. The monoisotopic (exact) mass is 365 g/mol. The van der Waals surface area contributed by atoms with Crippen molar-refractivity contribution in [2.24, 2.45) is 0 Å². The van der Waals surface area contributed by atoms with Crippen LogP contribution in [0.1, 0.15) is 11.1 Å². The van der Waals surface area contributed by atoms with Crippen LogP contribution in [0.15, 0.2) is 48.5 Å². The molecule has 0 amide bonds. The zero-order valence-electron chi connectivity index (χ0n) is 13.4. The lowest BCUT2D eigenvalue weighted by atomic mass is 10.1. The van der Waals surface area contributed by atoms with Crippen LogP contribution in [0.5, 0.6) is 0 Å². The summed E-state index contributed by atoms with van der Waals surface area (Å²) in [6, 6.07) is 15.8. The van der Waals surface area contributed by atoms with E-state index in [0.717, 1.165) is 42.8 Å². The summed E-state index contributed by atoms with van der Waals surface area (Å²) in [5.41, 5.74) is 2.40. The van der Waals surface area contributed by atoms with E-state index in [1.165, 1.54) is 11.1 Å². The van der Waals surface area contributed by atoms with Gasteiger partial charge in [-0.3, -0.25) is 0 Å². The Bertz CT molecular complexity index is 602. The van der Waals surface area contributed by atoms with E-state index in [1.807, 2.05) is 36.4 Å². The van der Waals surface area contributed by atoms with Crippen molar-refractivity contribution in [3.05, 3.63) is 69.7 Å². The van der Waals surface area contributed by atoms with Crippen molar-refractivity contribution >= 4 is 23.2 Å². The second-order valence-electron chi connectivity index (χ2n) is 6.01. The Hall–Kier alpha value is -1.10. The lowest BCUT2D eigenvalue weighted by Gasteiger charge is -2.02. The van der Waals surface area contributed by atoms with E-state index in [4.69, 9.17) is 32.7 Å². The summed E-state index contributed by atoms with van der Waals surface area (Å²) < 4.78 is 10.0. The third-order valence-electron chi connectivity index (χ3n) is 3.74. The Morgan fingerprint density at radius 2 is 1.29 bits per heavy atom. The molecule has 2 unspecified atom stereocenters. The summed E-state index contributed by atoms with van der Waals surface area (Å²) in [4.78, 5) is 0. The molecule has 3 nitrogen and oxygen atoms in total. The van der Waals surface area contributed by atoms with Gasteiger partial charge in [0.15, 0.2) is 0 Å². The first-order valence-electron chi connectivity index (χ1n) is 8.12. The minimum Gasteiger partial charge on any atom is -0.372 e. The van der Waals surface area contributed by atoms with Crippen LogP contribution in [0.25, 0.3) is 0 Å². The molecule has 2 aliphatic heterocycles. The van der Waals surface area contributed by atoms with Gasteiger partial charge in [0.1, 0.15) is 0 Å². The van der Waals surface area contributed by atoms with E-state index in [2.05, 4.69) is 17.4 Å². The number of halogens is 2. The molecule has 2 heterocycles. The van der Waals surface area contributed by atoms with E-state index in [1.54, 1.807) is 0 Å². The average molecular weight is 366 g/mol. The Kier molecular flexibility index (Phi) is 6.52. The molecular weight excluding hydrogens is 345 g/mol. The Morgan fingerprint density at radius 3 is 1.67 bits per heavy atom. The number of ether oxygens (including phenoxy) is 2. The summed E-state index contributed by atoms with van der Waals surface area (Å²) in [6.45, 7) is 3.89. The minimum absolute atomic E-state index is 0.503. The lowest BCUT2D eigenvalue weighted by molar-refractivity contribution is 0.373. The van der Waals surface area contributed by atoms with Gasteiger partial charge in [-0.25, -0.2) is 0 Å². The Morgan fingerprint density at radius 1 is 0.833 bits per heavy atom. The van der Waals surface area contributed by atoms with Crippen LogP contribution in [0, 0.1) is 0 Å². The molecule has 2 fully saturated rings. The van der Waals surface area contributed by atoms with Gasteiger partial charge in [-0.2, -0.15) is 0 Å².